The van der Waals surface area contributed by atoms with Crippen molar-refractivity contribution in [3.05, 3.63) is 105 Å². The first kappa shape index (κ1) is 40.5. The molecule has 1 atom stereocenters. The van der Waals surface area contributed by atoms with Gasteiger partial charge in [0, 0.05) is 41.0 Å². The molecule has 3 aromatic rings. The molecule has 3 aromatic carbocycles. The molecule has 3 heterocycles. The van der Waals surface area contributed by atoms with Crippen LogP contribution in [0, 0.1) is 17.4 Å². The minimum absolute atomic E-state index is 0.0817. The molecule has 11 heteroatoms. The minimum Gasteiger partial charge on any atom is -0.489 e. The van der Waals surface area contributed by atoms with Gasteiger partial charge in [0.15, 0.2) is 0 Å². The topological polar surface area (TPSA) is 112 Å². The number of carbonyl (C=O) groups is 4. The molecule has 2 N–H and O–H groups in total. The fourth-order valence-electron chi connectivity index (χ4n) is 9.98. The molecule has 0 aromatic heterocycles. The van der Waals surface area contributed by atoms with Crippen LogP contribution in [0.25, 0.3) is 4.85 Å². The van der Waals surface area contributed by atoms with Crippen LogP contribution in [0.3, 0.4) is 0 Å². The second-order valence-electron chi connectivity index (χ2n) is 17.6. The summed E-state index contributed by atoms with van der Waals surface area (Å²) in [7, 11) is 0. The van der Waals surface area contributed by atoms with Crippen molar-refractivity contribution in [1.29, 1.82) is 0 Å². The Bertz CT molecular complexity index is 2050. The Morgan fingerprint density at radius 1 is 0.930 bits per heavy atom. The van der Waals surface area contributed by atoms with E-state index in [9.17, 15) is 19.2 Å². The van der Waals surface area contributed by atoms with Crippen LogP contribution in [0.15, 0.2) is 60.7 Å². The molecule has 3 fully saturated rings. The lowest BCUT2D eigenvalue weighted by atomic mass is 9.49. The molecule has 4 amide bonds. The summed E-state index contributed by atoms with van der Waals surface area (Å²) in [4.78, 5) is 58.1. The third-order valence-electron chi connectivity index (χ3n) is 12.9. The van der Waals surface area contributed by atoms with Gasteiger partial charge >= 0.3 is 0 Å². The summed E-state index contributed by atoms with van der Waals surface area (Å²) >= 11 is 6.25. The number of nitrogens with zero attached hydrogens (tertiary/aromatic N) is 3. The summed E-state index contributed by atoms with van der Waals surface area (Å²) in [5, 5.41) is 6.03. The highest BCUT2D eigenvalue weighted by molar-refractivity contribution is 6.33. The second kappa shape index (κ2) is 16.6. The number of benzene rings is 3. The van der Waals surface area contributed by atoms with Crippen LogP contribution in [0.1, 0.15) is 122 Å². The number of nitrogens with one attached hydrogen (secondary N) is 2. The molecule has 1 unspecified atom stereocenters. The molecule has 3 aliphatic heterocycles. The first-order chi connectivity index (χ1) is 27.3. The standard InChI is InChI=1S/C46H54ClN5O5/c1-45(2)43(46(3,4)44(45)57-34-16-18-37(48-5)36(47)27-34)50-40(54)31-13-11-29(12-14-31)10-8-6-7-9-23-51-24-21-30(22-25-51)32-15-17-35-33(26-32)28-52(42(35)56)38-19-20-39(53)49-41(38)55/h11-18,26-27,30,38,43-44H,6-10,19-25,28H2,1-4H3,(H,50,54)(H,49,53,55). The normalized spacial score (nSPS) is 23.0. The van der Waals surface area contributed by atoms with Gasteiger partial charge in [0.1, 0.15) is 17.9 Å². The average molecular weight is 792 g/mol. The highest BCUT2D eigenvalue weighted by Crippen LogP contribution is 2.55. The van der Waals surface area contributed by atoms with Crippen molar-refractivity contribution >= 4 is 40.9 Å². The van der Waals surface area contributed by atoms with Gasteiger partial charge in [-0.15, -0.1) is 0 Å². The SMILES string of the molecule is [C-]#[N+]c1ccc(OC2C(C)(C)C(NC(=O)c3ccc(CCCCCCN4CCC(c5ccc6c(c5)CN(C5CCC(=O)NC5=O)C6=O)CC4)cc3)C2(C)C)cc1Cl. The number of halogens is 1. The lowest BCUT2D eigenvalue weighted by Gasteiger charge is -2.63. The number of unbranched alkanes of at least 4 members (excludes halogenated alkanes) is 3. The van der Waals surface area contributed by atoms with Crippen LogP contribution in [0.5, 0.6) is 5.75 Å². The van der Waals surface area contributed by atoms with E-state index in [4.69, 9.17) is 22.9 Å². The Balaban J connectivity index is 0.791. The molecule has 1 saturated carbocycles. The Kier molecular flexibility index (Phi) is 11.8. The molecule has 7 rings (SSSR count). The summed E-state index contributed by atoms with van der Waals surface area (Å²) in [6, 6.07) is 18.7. The van der Waals surface area contributed by atoms with Crippen molar-refractivity contribution < 1.29 is 23.9 Å². The van der Waals surface area contributed by atoms with Crippen molar-refractivity contribution in [2.24, 2.45) is 10.8 Å². The van der Waals surface area contributed by atoms with Crippen LogP contribution in [-0.4, -0.2) is 71.3 Å². The predicted octanol–water partition coefficient (Wildman–Crippen LogP) is 8.25. The van der Waals surface area contributed by atoms with E-state index >= 15 is 0 Å². The van der Waals surface area contributed by atoms with Gasteiger partial charge in [0.05, 0.1) is 11.6 Å². The maximum atomic E-state index is 13.4. The lowest BCUT2D eigenvalue weighted by Crippen LogP contribution is -2.74. The van der Waals surface area contributed by atoms with Gasteiger partial charge in [-0.05, 0) is 111 Å². The molecule has 4 aliphatic rings. The highest BCUT2D eigenvalue weighted by atomic mass is 35.5. The number of piperidine rings is 2. The van der Waals surface area contributed by atoms with Gasteiger partial charge in [0.25, 0.3) is 11.8 Å². The van der Waals surface area contributed by atoms with E-state index in [-0.39, 0.29) is 53.0 Å². The van der Waals surface area contributed by atoms with Crippen LogP contribution in [0.2, 0.25) is 5.02 Å². The number of amides is 4. The third-order valence-corrected chi connectivity index (χ3v) is 13.2. The Labute approximate surface area is 341 Å². The first-order valence-corrected chi connectivity index (χ1v) is 20.9. The molecule has 0 bridgehead atoms. The van der Waals surface area contributed by atoms with Crippen LogP contribution >= 0.6 is 11.6 Å². The molecule has 10 nitrogen and oxygen atoms in total. The molecule has 0 spiro atoms. The quantitative estimate of drug-likeness (QED) is 0.103. The minimum atomic E-state index is -0.582. The van der Waals surface area contributed by atoms with Gasteiger partial charge in [-0.3, -0.25) is 24.5 Å². The van der Waals surface area contributed by atoms with Crippen LogP contribution in [0.4, 0.5) is 5.69 Å². The average Bonchev–Trinajstić information content (AvgIpc) is 3.52. The van der Waals surface area contributed by atoms with E-state index in [1.54, 1.807) is 23.1 Å². The monoisotopic (exact) mass is 791 g/mol. The van der Waals surface area contributed by atoms with E-state index in [1.165, 1.54) is 30.4 Å². The predicted molar refractivity (Wildman–Crippen MR) is 220 cm³/mol. The lowest BCUT2D eigenvalue weighted by molar-refractivity contribution is -0.164. The zero-order valence-corrected chi connectivity index (χ0v) is 34.3. The maximum Gasteiger partial charge on any atom is 0.255 e. The zero-order valence-electron chi connectivity index (χ0n) is 33.5. The van der Waals surface area contributed by atoms with Crippen molar-refractivity contribution in [2.45, 2.75) is 116 Å². The Hall–Kier alpha value is -4.72. The summed E-state index contributed by atoms with van der Waals surface area (Å²) < 4.78 is 6.38. The number of hydrogen-bond acceptors (Lipinski definition) is 6. The van der Waals surface area contributed by atoms with Gasteiger partial charge in [-0.25, -0.2) is 4.85 Å². The summed E-state index contributed by atoms with van der Waals surface area (Å²) in [5.74, 6) is 0.244. The Morgan fingerprint density at radius 2 is 1.65 bits per heavy atom. The first-order valence-electron chi connectivity index (χ1n) is 20.5. The number of hydrogen-bond donors (Lipinski definition) is 2. The summed E-state index contributed by atoms with van der Waals surface area (Å²) in [6.45, 7) is 19.3. The molecule has 1 aliphatic carbocycles. The van der Waals surface area contributed by atoms with Crippen molar-refractivity contribution in [3.8, 4) is 5.75 Å². The number of likely N-dealkylation sites (tertiary alicyclic amines) is 1. The summed E-state index contributed by atoms with van der Waals surface area (Å²) in [5.41, 5.74) is 4.59. The highest BCUT2D eigenvalue weighted by Gasteiger charge is 2.64. The molecule has 0 radical (unpaired) electrons. The summed E-state index contributed by atoms with van der Waals surface area (Å²) in [6.07, 6.45) is 8.34. The second-order valence-corrected chi connectivity index (χ2v) is 18.0. The van der Waals surface area contributed by atoms with E-state index < -0.39 is 6.04 Å². The number of fused-ring (bicyclic) bond motifs is 1. The molecule has 57 heavy (non-hydrogen) atoms. The van der Waals surface area contributed by atoms with Crippen molar-refractivity contribution in [2.75, 3.05) is 19.6 Å². The Morgan fingerprint density at radius 3 is 2.33 bits per heavy atom. The molecule has 300 valence electrons. The van der Waals surface area contributed by atoms with Gasteiger partial charge < -0.3 is 19.9 Å². The van der Waals surface area contributed by atoms with E-state index in [0.29, 0.717) is 46.5 Å². The van der Waals surface area contributed by atoms with Crippen LogP contribution in [-0.2, 0) is 22.6 Å². The van der Waals surface area contributed by atoms with Gasteiger partial charge in [-0.2, -0.15) is 0 Å². The van der Waals surface area contributed by atoms with Gasteiger partial charge in [-0.1, -0.05) is 82.5 Å². The largest absolute Gasteiger partial charge is 0.489 e. The van der Waals surface area contributed by atoms with Gasteiger partial charge in [0.2, 0.25) is 17.5 Å². The van der Waals surface area contributed by atoms with E-state index in [1.807, 2.05) is 18.2 Å². The third kappa shape index (κ3) is 8.47. The number of carbonyl (C=O) groups excluding carboxylic acids is 4. The number of aryl methyl sites for hydroxylation is 1. The maximum absolute atomic E-state index is 13.4. The number of rotatable bonds is 13. The molecular weight excluding hydrogens is 738 g/mol. The fourth-order valence-corrected chi connectivity index (χ4v) is 10.2. The smallest absolute Gasteiger partial charge is 0.255 e. The number of imide groups is 1. The zero-order chi connectivity index (χ0) is 40.5. The molecular formula is C46H54ClN5O5. The van der Waals surface area contributed by atoms with E-state index in [0.717, 1.165) is 50.9 Å². The van der Waals surface area contributed by atoms with Crippen molar-refractivity contribution in [1.82, 2.24) is 20.4 Å². The van der Waals surface area contributed by atoms with E-state index in [2.05, 4.69) is 72.3 Å². The van der Waals surface area contributed by atoms with Crippen LogP contribution < -0.4 is 15.4 Å². The molecule has 2 saturated heterocycles. The number of ether oxygens (including phenoxy) is 1. The fraction of sp³-hybridized carbons (Fsp3) is 0.500. The van der Waals surface area contributed by atoms with Crippen molar-refractivity contribution in [3.63, 3.8) is 0 Å².